The topological polar surface area (TPSA) is 49.7 Å². The molecule has 6 aliphatic rings. The van der Waals surface area contributed by atoms with Crippen LogP contribution >= 0.6 is 0 Å². The Bertz CT molecular complexity index is 824. The second-order valence-electron chi connectivity index (χ2n) is 14.0. The molecular weight excluding hydrogens is 422 g/mol. The van der Waals surface area contributed by atoms with Crippen LogP contribution in [0.25, 0.3) is 0 Å². The molecule has 5 saturated carbocycles. The van der Waals surface area contributed by atoms with Crippen molar-refractivity contribution in [3.05, 3.63) is 0 Å². The van der Waals surface area contributed by atoms with Crippen LogP contribution in [0.2, 0.25) is 0 Å². The lowest BCUT2D eigenvalue weighted by Gasteiger charge is -2.57. The van der Waals surface area contributed by atoms with Crippen molar-refractivity contribution in [2.45, 2.75) is 122 Å². The first-order valence-electron chi connectivity index (χ1n) is 13.7. The van der Waals surface area contributed by atoms with Gasteiger partial charge in [-0.3, -0.25) is 0 Å². The summed E-state index contributed by atoms with van der Waals surface area (Å²) in [7, 11) is 0. The van der Waals surface area contributed by atoms with E-state index in [-0.39, 0.29) is 52.8 Å². The molecule has 0 radical (unpaired) electrons. The Morgan fingerprint density at radius 2 is 1.52 bits per heavy atom. The van der Waals surface area contributed by atoms with Crippen molar-refractivity contribution < 1.29 is 23.7 Å². The van der Waals surface area contributed by atoms with E-state index in [1.54, 1.807) is 0 Å². The van der Waals surface area contributed by atoms with Gasteiger partial charge in [-0.25, -0.2) is 8.78 Å². The zero-order valence-corrected chi connectivity index (χ0v) is 21.1. The summed E-state index contributed by atoms with van der Waals surface area (Å²) in [4.78, 5) is 0. The molecule has 0 aromatic rings. The minimum absolute atomic E-state index is 0.01000. The van der Waals surface area contributed by atoms with Gasteiger partial charge in [-0.05, 0) is 105 Å². The maximum absolute atomic E-state index is 14.7. The van der Waals surface area contributed by atoms with Gasteiger partial charge in [-0.15, -0.1) is 0 Å². The van der Waals surface area contributed by atoms with Crippen LogP contribution in [0.5, 0.6) is 0 Å². The van der Waals surface area contributed by atoms with E-state index < -0.39 is 17.4 Å². The van der Waals surface area contributed by atoms with Crippen LogP contribution in [-0.4, -0.2) is 40.0 Å². The van der Waals surface area contributed by atoms with E-state index in [2.05, 4.69) is 13.8 Å². The van der Waals surface area contributed by atoms with Crippen LogP contribution in [0.15, 0.2) is 0 Å². The zero-order valence-electron chi connectivity index (χ0n) is 21.1. The molecule has 0 bridgehead atoms. The van der Waals surface area contributed by atoms with E-state index in [9.17, 15) is 19.0 Å². The number of hydrogen-bond donors (Lipinski definition) is 2. The molecule has 5 aliphatic carbocycles. The first-order chi connectivity index (χ1) is 15.3. The number of fused-ring (bicyclic) bond motifs is 2. The lowest BCUT2D eigenvalue weighted by molar-refractivity contribution is -0.165. The standard InChI is InChI=1S/C28H44F2O3/c1-15-17-6-7-18-19-14-20(31)23(21-8-9-22(33-21)24(3,4)32)25(19,5)10-11-27(18)16(2)26(17,27)12-13-28(15,29)30/h15-23,31-32H,6-14H2,1-5H3. The molecule has 33 heavy (non-hydrogen) atoms. The monoisotopic (exact) mass is 466 g/mol. The average Bonchev–Trinajstić information content (AvgIpc) is 3.04. The molecule has 2 spiro atoms. The summed E-state index contributed by atoms with van der Waals surface area (Å²) in [6.45, 7) is 10.2. The molecule has 0 aromatic carbocycles. The summed E-state index contributed by atoms with van der Waals surface area (Å²) in [5.41, 5.74) is -0.499. The van der Waals surface area contributed by atoms with Crippen LogP contribution < -0.4 is 0 Å². The molecular formula is C28H44F2O3. The highest BCUT2D eigenvalue weighted by molar-refractivity contribution is 5.31. The summed E-state index contributed by atoms with van der Waals surface area (Å²) in [5, 5.41) is 21.9. The van der Waals surface area contributed by atoms with Crippen molar-refractivity contribution in [2.75, 3.05) is 0 Å². The molecule has 2 N–H and O–H groups in total. The Morgan fingerprint density at radius 3 is 2.18 bits per heavy atom. The van der Waals surface area contributed by atoms with Gasteiger partial charge in [0.2, 0.25) is 0 Å². The third-order valence-corrected chi connectivity index (χ3v) is 12.9. The van der Waals surface area contributed by atoms with Crippen molar-refractivity contribution in [1.29, 1.82) is 0 Å². The van der Waals surface area contributed by atoms with Gasteiger partial charge in [0.05, 0.1) is 23.9 Å². The van der Waals surface area contributed by atoms with Crippen LogP contribution in [0.3, 0.4) is 0 Å². The molecule has 6 fully saturated rings. The molecule has 1 aliphatic heterocycles. The maximum Gasteiger partial charge on any atom is 0.250 e. The van der Waals surface area contributed by atoms with Gasteiger partial charge in [0.1, 0.15) is 0 Å². The fourth-order valence-electron chi connectivity index (χ4n) is 11.4. The second kappa shape index (κ2) is 6.73. The molecule has 188 valence electrons. The van der Waals surface area contributed by atoms with E-state index in [0.29, 0.717) is 24.2 Å². The van der Waals surface area contributed by atoms with Crippen molar-refractivity contribution in [3.8, 4) is 0 Å². The number of halogens is 2. The lowest BCUT2D eigenvalue weighted by atomic mass is 9.48. The van der Waals surface area contributed by atoms with Crippen LogP contribution in [0.1, 0.15) is 92.4 Å². The maximum atomic E-state index is 14.7. The summed E-state index contributed by atoms with van der Waals surface area (Å²) in [6.07, 6.45) is 7.01. The molecule has 1 heterocycles. The lowest BCUT2D eigenvalue weighted by Crippen LogP contribution is -2.53. The third-order valence-electron chi connectivity index (χ3n) is 12.9. The first kappa shape index (κ1) is 23.2. The Hall–Kier alpha value is -0.260. The molecule has 5 heteroatoms. The van der Waals surface area contributed by atoms with Gasteiger partial charge in [-0.2, -0.15) is 0 Å². The second-order valence-corrected chi connectivity index (χ2v) is 14.0. The van der Waals surface area contributed by atoms with Crippen molar-refractivity contribution in [2.24, 2.45) is 51.8 Å². The Morgan fingerprint density at radius 1 is 0.879 bits per heavy atom. The summed E-state index contributed by atoms with van der Waals surface area (Å²) < 4.78 is 35.8. The molecule has 6 rings (SSSR count). The van der Waals surface area contributed by atoms with Gasteiger partial charge in [0, 0.05) is 18.3 Å². The number of alkyl halides is 2. The van der Waals surface area contributed by atoms with Gasteiger partial charge in [-0.1, -0.05) is 20.8 Å². The summed E-state index contributed by atoms with van der Waals surface area (Å²) >= 11 is 0. The van der Waals surface area contributed by atoms with Crippen LogP contribution in [0.4, 0.5) is 8.78 Å². The summed E-state index contributed by atoms with van der Waals surface area (Å²) in [6, 6.07) is 0. The van der Waals surface area contributed by atoms with Gasteiger partial charge >= 0.3 is 0 Å². The highest BCUT2D eigenvalue weighted by atomic mass is 19.3. The normalized spacial score (nSPS) is 59.4. The Balaban J connectivity index is 1.29. The smallest absolute Gasteiger partial charge is 0.250 e. The average molecular weight is 467 g/mol. The number of aliphatic hydroxyl groups is 2. The van der Waals surface area contributed by atoms with E-state index >= 15 is 0 Å². The number of rotatable bonds is 2. The number of aliphatic hydroxyl groups excluding tert-OH is 1. The van der Waals surface area contributed by atoms with E-state index in [4.69, 9.17) is 4.74 Å². The molecule has 1 saturated heterocycles. The highest BCUT2D eigenvalue weighted by Crippen LogP contribution is 2.89. The minimum Gasteiger partial charge on any atom is -0.393 e. The fraction of sp³-hybridized carbons (Fsp3) is 1.00. The third kappa shape index (κ3) is 2.66. The highest BCUT2D eigenvalue weighted by Gasteiger charge is 2.84. The predicted molar refractivity (Wildman–Crippen MR) is 123 cm³/mol. The van der Waals surface area contributed by atoms with E-state index in [1.165, 1.54) is 0 Å². The fourth-order valence-corrected chi connectivity index (χ4v) is 11.4. The quantitative estimate of drug-likeness (QED) is 0.539. The van der Waals surface area contributed by atoms with Gasteiger partial charge < -0.3 is 14.9 Å². The molecule has 3 nitrogen and oxygen atoms in total. The van der Waals surface area contributed by atoms with E-state index in [0.717, 1.165) is 44.9 Å². The Kier molecular flexibility index (Phi) is 4.73. The SMILES string of the molecule is CC1C2CCC3C4CC(O)C(C5CCC(C(C)(C)O)O5)C4(C)CCC34C(C)C24CCC1(F)F. The van der Waals surface area contributed by atoms with Crippen molar-refractivity contribution in [3.63, 3.8) is 0 Å². The minimum atomic E-state index is -2.51. The largest absolute Gasteiger partial charge is 0.393 e. The van der Waals surface area contributed by atoms with Crippen LogP contribution in [-0.2, 0) is 4.74 Å². The van der Waals surface area contributed by atoms with Crippen molar-refractivity contribution >= 4 is 0 Å². The van der Waals surface area contributed by atoms with Gasteiger partial charge in [0.25, 0.3) is 5.92 Å². The van der Waals surface area contributed by atoms with Gasteiger partial charge in [0.15, 0.2) is 0 Å². The van der Waals surface area contributed by atoms with Crippen molar-refractivity contribution in [1.82, 2.24) is 0 Å². The number of hydrogen-bond acceptors (Lipinski definition) is 3. The summed E-state index contributed by atoms with van der Waals surface area (Å²) in [5.74, 6) is -1.21. The van der Waals surface area contributed by atoms with E-state index in [1.807, 2.05) is 20.8 Å². The predicted octanol–water partition coefficient (Wildman–Crippen LogP) is 5.82. The molecule has 12 atom stereocenters. The number of ether oxygens (including phenoxy) is 1. The molecule has 0 amide bonds. The zero-order chi connectivity index (χ0) is 23.8. The first-order valence-corrected chi connectivity index (χ1v) is 13.7. The molecule has 12 unspecified atom stereocenters. The van der Waals surface area contributed by atoms with Crippen LogP contribution in [0, 0.1) is 51.8 Å². The molecule has 0 aromatic heterocycles. The Labute approximate surface area is 198 Å².